The number of anilines is 1. The van der Waals surface area contributed by atoms with Gasteiger partial charge in [-0.2, -0.15) is 13.2 Å². The van der Waals surface area contributed by atoms with Gasteiger partial charge in [-0.3, -0.25) is 0 Å². The Kier molecular flexibility index (Phi) is 3.68. The first kappa shape index (κ1) is 14.7. The molecule has 3 rings (SSSR count). The molecular formula is C16H15F3N2O. The Balaban J connectivity index is 1.85. The summed E-state index contributed by atoms with van der Waals surface area (Å²) in [5.41, 5.74) is 1.46. The van der Waals surface area contributed by atoms with Crippen molar-refractivity contribution >= 4 is 5.82 Å². The number of aromatic nitrogens is 1. The van der Waals surface area contributed by atoms with Crippen LogP contribution < -0.4 is 10.1 Å². The second-order valence-corrected chi connectivity index (χ2v) is 5.19. The van der Waals surface area contributed by atoms with Gasteiger partial charge in [-0.1, -0.05) is 12.1 Å². The number of ether oxygens (including phenoxy) is 1. The predicted octanol–water partition coefficient (Wildman–Crippen LogP) is 4.21. The van der Waals surface area contributed by atoms with E-state index in [1.807, 2.05) is 18.2 Å². The topological polar surface area (TPSA) is 34.1 Å². The molecule has 1 aliphatic rings. The van der Waals surface area contributed by atoms with E-state index in [1.165, 1.54) is 6.20 Å². The molecule has 0 radical (unpaired) electrons. The van der Waals surface area contributed by atoms with E-state index in [4.69, 9.17) is 4.74 Å². The molecule has 116 valence electrons. The summed E-state index contributed by atoms with van der Waals surface area (Å²) in [6, 6.07) is 7.70. The maximum Gasteiger partial charge on any atom is 0.416 e. The van der Waals surface area contributed by atoms with Crippen LogP contribution in [0.1, 0.15) is 29.2 Å². The van der Waals surface area contributed by atoms with Crippen LogP contribution in [0, 0.1) is 0 Å². The van der Waals surface area contributed by atoms with Crippen molar-refractivity contribution in [3.05, 3.63) is 53.2 Å². The van der Waals surface area contributed by atoms with E-state index < -0.39 is 11.7 Å². The molecular weight excluding hydrogens is 293 g/mol. The van der Waals surface area contributed by atoms with E-state index in [1.54, 1.807) is 7.11 Å². The zero-order chi connectivity index (χ0) is 15.7. The van der Waals surface area contributed by atoms with Gasteiger partial charge < -0.3 is 10.1 Å². The van der Waals surface area contributed by atoms with Crippen molar-refractivity contribution in [2.75, 3.05) is 12.4 Å². The van der Waals surface area contributed by atoms with E-state index in [0.717, 1.165) is 41.9 Å². The highest BCUT2D eigenvalue weighted by molar-refractivity contribution is 5.49. The molecule has 0 aliphatic heterocycles. The van der Waals surface area contributed by atoms with Gasteiger partial charge in [0, 0.05) is 6.20 Å². The minimum Gasteiger partial charge on any atom is -0.496 e. The Morgan fingerprint density at radius 3 is 2.82 bits per heavy atom. The first-order chi connectivity index (χ1) is 10.5. The maximum atomic E-state index is 12.7. The SMILES string of the molecule is COc1cccc2c1CCC2Nc1cc(C(F)(F)F)ccn1. The lowest BCUT2D eigenvalue weighted by Gasteiger charge is -2.16. The molecule has 0 saturated heterocycles. The summed E-state index contributed by atoms with van der Waals surface area (Å²) in [6.45, 7) is 0. The highest BCUT2D eigenvalue weighted by Crippen LogP contribution is 2.39. The Labute approximate surface area is 126 Å². The molecule has 0 bridgehead atoms. The van der Waals surface area contributed by atoms with Crippen molar-refractivity contribution in [2.45, 2.75) is 25.1 Å². The summed E-state index contributed by atoms with van der Waals surface area (Å²) in [6.07, 6.45) is -1.56. The van der Waals surface area contributed by atoms with Crippen LogP contribution in [0.25, 0.3) is 0 Å². The lowest BCUT2D eigenvalue weighted by atomic mass is 10.1. The Morgan fingerprint density at radius 2 is 2.09 bits per heavy atom. The summed E-state index contributed by atoms with van der Waals surface area (Å²) < 4.78 is 43.6. The highest BCUT2D eigenvalue weighted by atomic mass is 19.4. The van der Waals surface area contributed by atoms with Crippen LogP contribution in [-0.4, -0.2) is 12.1 Å². The average molecular weight is 308 g/mol. The molecule has 0 saturated carbocycles. The summed E-state index contributed by atoms with van der Waals surface area (Å²) in [4.78, 5) is 3.99. The smallest absolute Gasteiger partial charge is 0.416 e. The van der Waals surface area contributed by atoms with Crippen molar-refractivity contribution in [1.82, 2.24) is 4.98 Å². The second kappa shape index (κ2) is 5.51. The van der Waals surface area contributed by atoms with Crippen LogP contribution in [0.15, 0.2) is 36.5 Å². The van der Waals surface area contributed by atoms with E-state index in [2.05, 4.69) is 10.3 Å². The third kappa shape index (κ3) is 2.73. The largest absolute Gasteiger partial charge is 0.496 e. The Bertz CT molecular complexity index is 685. The Hall–Kier alpha value is -2.24. The van der Waals surface area contributed by atoms with Gasteiger partial charge in [0.15, 0.2) is 0 Å². The quantitative estimate of drug-likeness (QED) is 0.922. The molecule has 22 heavy (non-hydrogen) atoms. The van der Waals surface area contributed by atoms with Crippen molar-refractivity contribution in [3.8, 4) is 5.75 Å². The summed E-state index contributed by atoms with van der Waals surface area (Å²) in [5, 5.41) is 3.09. The van der Waals surface area contributed by atoms with Crippen molar-refractivity contribution in [2.24, 2.45) is 0 Å². The van der Waals surface area contributed by atoms with Crippen LogP contribution in [0.4, 0.5) is 19.0 Å². The monoisotopic (exact) mass is 308 g/mol. The predicted molar refractivity (Wildman–Crippen MR) is 76.9 cm³/mol. The number of hydrogen-bond donors (Lipinski definition) is 1. The summed E-state index contributed by atoms with van der Waals surface area (Å²) in [5.74, 6) is 1.05. The van der Waals surface area contributed by atoms with E-state index in [9.17, 15) is 13.2 Å². The minimum atomic E-state index is -4.36. The van der Waals surface area contributed by atoms with Crippen molar-refractivity contribution < 1.29 is 17.9 Å². The first-order valence-electron chi connectivity index (χ1n) is 6.94. The molecule has 3 nitrogen and oxygen atoms in total. The maximum absolute atomic E-state index is 12.7. The molecule has 1 atom stereocenters. The van der Waals surface area contributed by atoms with Crippen LogP contribution in [0.5, 0.6) is 5.75 Å². The normalized spacial score (nSPS) is 17.2. The third-order valence-electron chi connectivity index (χ3n) is 3.86. The molecule has 1 aliphatic carbocycles. The first-order valence-corrected chi connectivity index (χ1v) is 6.94. The van der Waals surface area contributed by atoms with Gasteiger partial charge in [0.2, 0.25) is 0 Å². The fraction of sp³-hybridized carbons (Fsp3) is 0.312. The van der Waals surface area contributed by atoms with Gasteiger partial charge in [-0.05, 0) is 42.2 Å². The number of rotatable bonds is 3. The van der Waals surface area contributed by atoms with Gasteiger partial charge in [0.1, 0.15) is 11.6 Å². The molecule has 2 aromatic rings. The Morgan fingerprint density at radius 1 is 1.27 bits per heavy atom. The minimum absolute atomic E-state index is 0.0546. The molecule has 0 amide bonds. The molecule has 1 heterocycles. The zero-order valence-corrected chi connectivity index (χ0v) is 11.9. The zero-order valence-electron chi connectivity index (χ0n) is 11.9. The van der Waals surface area contributed by atoms with Crippen LogP contribution in [0.3, 0.4) is 0 Å². The van der Waals surface area contributed by atoms with Gasteiger partial charge in [0.25, 0.3) is 0 Å². The highest BCUT2D eigenvalue weighted by Gasteiger charge is 2.31. The van der Waals surface area contributed by atoms with Gasteiger partial charge in [-0.25, -0.2) is 4.98 Å². The number of hydrogen-bond acceptors (Lipinski definition) is 3. The molecule has 6 heteroatoms. The molecule has 1 N–H and O–H groups in total. The number of methoxy groups -OCH3 is 1. The number of alkyl halides is 3. The van der Waals surface area contributed by atoms with Gasteiger partial charge >= 0.3 is 6.18 Å². The van der Waals surface area contributed by atoms with Crippen molar-refractivity contribution in [3.63, 3.8) is 0 Å². The van der Waals surface area contributed by atoms with Crippen LogP contribution in [0.2, 0.25) is 0 Å². The number of nitrogens with one attached hydrogen (secondary N) is 1. The molecule has 1 unspecified atom stereocenters. The van der Waals surface area contributed by atoms with Gasteiger partial charge in [-0.15, -0.1) is 0 Å². The molecule has 0 spiro atoms. The molecule has 0 fully saturated rings. The summed E-state index contributed by atoms with van der Waals surface area (Å²) in [7, 11) is 1.62. The lowest BCUT2D eigenvalue weighted by Crippen LogP contribution is -2.11. The van der Waals surface area contributed by atoms with Gasteiger partial charge in [0.05, 0.1) is 18.7 Å². The number of benzene rings is 1. The average Bonchev–Trinajstić information content (AvgIpc) is 2.90. The third-order valence-corrected chi connectivity index (χ3v) is 3.86. The molecule has 1 aromatic carbocycles. The number of pyridine rings is 1. The van der Waals surface area contributed by atoms with Crippen LogP contribution in [-0.2, 0) is 12.6 Å². The second-order valence-electron chi connectivity index (χ2n) is 5.19. The van der Waals surface area contributed by atoms with E-state index >= 15 is 0 Å². The van der Waals surface area contributed by atoms with Crippen molar-refractivity contribution in [1.29, 1.82) is 0 Å². The number of halogens is 3. The lowest BCUT2D eigenvalue weighted by molar-refractivity contribution is -0.137. The van der Waals surface area contributed by atoms with E-state index in [0.29, 0.717) is 0 Å². The standard InChI is InChI=1S/C16H15F3N2O/c1-22-14-4-2-3-11-12(14)5-6-13(11)21-15-9-10(7-8-20-15)16(17,18)19/h2-4,7-9,13H,5-6H2,1H3,(H,20,21). The van der Waals surface area contributed by atoms with E-state index in [-0.39, 0.29) is 11.9 Å². The summed E-state index contributed by atoms with van der Waals surface area (Å²) >= 11 is 0. The fourth-order valence-corrected chi connectivity index (χ4v) is 2.83. The number of fused-ring (bicyclic) bond motifs is 1. The molecule has 1 aromatic heterocycles. The number of nitrogens with zero attached hydrogens (tertiary/aromatic N) is 1. The van der Waals surface area contributed by atoms with Crippen LogP contribution >= 0.6 is 0 Å². The fourth-order valence-electron chi connectivity index (χ4n) is 2.83.